The van der Waals surface area contributed by atoms with Gasteiger partial charge in [0.2, 0.25) is 17.7 Å². The fourth-order valence-corrected chi connectivity index (χ4v) is 5.14. The minimum atomic E-state index is -1.19. The standard InChI is InChI=1S/C27H29FN2O5/c1-34-21-8-2-18(3-9-21)27(17-25(32)30(26(27)33)20-6-7-20)16-24(31)29-14-12-23(13-15-29)35-22-10-4-19(28)5-11-22/h2-5,8-11,20,23H,6-7,12-17H2,1H3/t27-/m1/s1. The summed E-state index contributed by atoms with van der Waals surface area (Å²) in [6.07, 6.45) is 2.82. The number of imide groups is 1. The summed E-state index contributed by atoms with van der Waals surface area (Å²) in [5, 5.41) is 0. The van der Waals surface area contributed by atoms with E-state index in [1.807, 2.05) is 0 Å². The molecule has 3 fully saturated rings. The van der Waals surface area contributed by atoms with Crippen molar-refractivity contribution in [1.82, 2.24) is 9.80 Å². The van der Waals surface area contributed by atoms with Crippen molar-refractivity contribution in [3.8, 4) is 11.5 Å². The van der Waals surface area contributed by atoms with E-state index in [1.165, 1.54) is 17.0 Å². The summed E-state index contributed by atoms with van der Waals surface area (Å²) >= 11 is 0. The molecule has 184 valence electrons. The summed E-state index contributed by atoms with van der Waals surface area (Å²) in [6.45, 7) is 0.996. The second-order valence-corrected chi connectivity index (χ2v) is 9.62. The Balaban J connectivity index is 1.29. The van der Waals surface area contributed by atoms with Gasteiger partial charge in [-0.3, -0.25) is 19.3 Å². The van der Waals surface area contributed by atoms with Gasteiger partial charge in [-0.1, -0.05) is 12.1 Å². The van der Waals surface area contributed by atoms with Crippen molar-refractivity contribution in [3.05, 3.63) is 59.9 Å². The van der Waals surface area contributed by atoms with Crippen molar-refractivity contribution < 1.29 is 28.2 Å². The van der Waals surface area contributed by atoms with Crippen LogP contribution in [0.2, 0.25) is 0 Å². The van der Waals surface area contributed by atoms with Gasteiger partial charge in [-0.25, -0.2) is 4.39 Å². The third-order valence-electron chi connectivity index (χ3n) is 7.27. The van der Waals surface area contributed by atoms with Gasteiger partial charge in [0.15, 0.2) is 0 Å². The van der Waals surface area contributed by atoms with E-state index in [0.717, 1.165) is 12.8 Å². The van der Waals surface area contributed by atoms with Crippen LogP contribution < -0.4 is 9.47 Å². The van der Waals surface area contributed by atoms with Crippen molar-refractivity contribution in [2.45, 2.75) is 56.1 Å². The first kappa shape index (κ1) is 23.3. The molecule has 2 aromatic carbocycles. The van der Waals surface area contributed by atoms with Gasteiger partial charge in [0.25, 0.3) is 0 Å². The Morgan fingerprint density at radius 1 is 0.971 bits per heavy atom. The van der Waals surface area contributed by atoms with Gasteiger partial charge in [-0.15, -0.1) is 0 Å². The van der Waals surface area contributed by atoms with Crippen LogP contribution in [0.15, 0.2) is 48.5 Å². The van der Waals surface area contributed by atoms with E-state index < -0.39 is 5.41 Å². The van der Waals surface area contributed by atoms with Crippen LogP contribution in [0.25, 0.3) is 0 Å². The summed E-state index contributed by atoms with van der Waals surface area (Å²) in [4.78, 5) is 43.1. The summed E-state index contributed by atoms with van der Waals surface area (Å²) in [5.41, 5.74) is -0.521. The first-order chi connectivity index (χ1) is 16.9. The number of methoxy groups -OCH3 is 1. The molecule has 1 aliphatic carbocycles. The number of piperidine rings is 1. The molecular weight excluding hydrogens is 451 g/mol. The second kappa shape index (κ2) is 9.32. The maximum Gasteiger partial charge on any atom is 0.241 e. The lowest BCUT2D eigenvalue weighted by Crippen LogP contribution is -2.47. The van der Waals surface area contributed by atoms with E-state index in [-0.39, 0.29) is 48.5 Å². The number of carbonyl (C=O) groups is 3. The molecule has 3 aliphatic rings. The maximum atomic E-state index is 13.6. The average Bonchev–Trinajstić information content (AvgIpc) is 3.67. The van der Waals surface area contributed by atoms with Crippen LogP contribution in [-0.2, 0) is 19.8 Å². The molecule has 1 atom stereocenters. The molecule has 35 heavy (non-hydrogen) atoms. The number of hydrogen-bond acceptors (Lipinski definition) is 5. The Bertz CT molecular complexity index is 1110. The highest BCUT2D eigenvalue weighted by atomic mass is 19.1. The quantitative estimate of drug-likeness (QED) is 0.568. The average molecular weight is 481 g/mol. The van der Waals surface area contributed by atoms with Gasteiger partial charge in [0.05, 0.1) is 12.5 Å². The molecule has 0 radical (unpaired) electrons. The van der Waals surface area contributed by atoms with Gasteiger partial charge >= 0.3 is 0 Å². The number of ether oxygens (including phenoxy) is 2. The summed E-state index contributed by atoms with van der Waals surface area (Å²) in [7, 11) is 1.57. The van der Waals surface area contributed by atoms with E-state index in [1.54, 1.807) is 48.4 Å². The molecule has 1 saturated carbocycles. The monoisotopic (exact) mass is 480 g/mol. The molecule has 2 aromatic rings. The third kappa shape index (κ3) is 4.61. The molecule has 0 bridgehead atoms. The summed E-state index contributed by atoms with van der Waals surface area (Å²) in [6, 6.07) is 13.0. The number of hydrogen-bond donors (Lipinski definition) is 0. The summed E-state index contributed by atoms with van der Waals surface area (Å²) in [5.74, 6) is 0.327. The zero-order chi connectivity index (χ0) is 24.6. The fraction of sp³-hybridized carbons (Fsp3) is 0.444. The van der Waals surface area contributed by atoms with Crippen LogP contribution in [-0.4, -0.2) is 59.9 Å². The maximum absolute atomic E-state index is 13.6. The minimum Gasteiger partial charge on any atom is -0.497 e. The predicted octanol–water partition coefficient (Wildman–Crippen LogP) is 3.45. The molecule has 3 amide bonds. The Morgan fingerprint density at radius 2 is 1.60 bits per heavy atom. The molecule has 5 rings (SSSR count). The van der Waals surface area contributed by atoms with Crippen molar-refractivity contribution in [3.63, 3.8) is 0 Å². The normalized spacial score (nSPS) is 23.0. The molecule has 2 saturated heterocycles. The first-order valence-corrected chi connectivity index (χ1v) is 12.1. The van der Waals surface area contributed by atoms with Crippen molar-refractivity contribution in [2.24, 2.45) is 0 Å². The molecule has 7 nitrogen and oxygen atoms in total. The van der Waals surface area contributed by atoms with Gasteiger partial charge < -0.3 is 14.4 Å². The molecule has 0 spiro atoms. The number of likely N-dealkylation sites (tertiary alicyclic amines) is 2. The lowest BCUT2D eigenvalue weighted by Gasteiger charge is -2.35. The lowest BCUT2D eigenvalue weighted by molar-refractivity contribution is -0.143. The Morgan fingerprint density at radius 3 is 2.20 bits per heavy atom. The van der Waals surface area contributed by atoms with E-state index in [0.29, 0.717) is 43.0 Å². The second-order valence-electron chi connectivity index (χ2n) is 9.62. The van der Waals surface area contributed by atoms with Crippen LogP contribution in [0.5, 0.6) is 11.5 Å². The van der Waals surface area contributed by atoms with Crippen LogP contribution in [0.3, 0.4) is 0 Å². The Kier molecular flexibility index (Phi) is 6.21. The molecule has 0 N–H and O–H groups in total. The fourth-order valence-electron chi connectivity index (χ4n) is 5.14. The number of amides is 3. The zero-order valence-corrected chi connectivity index (χ0v) is 19.7. The number of rotatable bonds is 7. The Labute approximate surface area is 203 Å². The third-order valence-corrected chi connectivity index (χ3v) is 7.27. The highest BCUT2D eigenvalue weighted by Gasteiger charge is 2.57. The number of benzene rings is 2. The van der Waals surface area contributed by atoms with Gasteiger partial charge in [-0.05, 0) is 54.8 Å². The van der Waals surface area contributed by atoms with Crippen molar-refractivity contribution in [2.75, 3.05) is 20.2 Å². The van der Waals surface area contributed by atoms with E-state index in [9.17, 15) is 18.8 Å². The SMILES string of the molecule is COc1ccc([C@@]2(CC(=O)N3CCC(Oc4ccc(F)cc4)CC3)CC(=O)N(C3CC3)C2=O)cc1. The predicted molar refractivity (Wildman–Crippen MR) is 125 cm³/mol. The Hall–Kier alpha value is -3.42. The van der Waals surface area contributed by atoms with E-state index >= 15 is 0 Å². The van der Waals surface area contributed by atoms with E-state index in [4.69, 9.17) is 9.47 Å². The van der Waals surface area contributed by atoms with Gasteiger partial charge in [0.1, 0.15) is 23.4 Å². The number of carbonyl (C=O) groups excluding carboxylic acids is 3. The van der Waals surface area contributed by atoms with E-state index in [2.05, 4.69) is 0 Å². The smallest absolute Gasteiger partial charge is 0.241 e. The molecule has 0 aromatic heterocycles. The minimum absolute atomic E-state index is 0.00451. The summed E-state index contributed by atoms with van der Waals surface area (Å²) < 4.78 is 24.3. The highest BCUT2D eigenvalue weighted by Crippen LogP contribution is 2.45. The first-order valence-electron chi connectivity index (χ1n) is 12.1. The largest absolute Gasteiger partial charge is 0.497 e. The van der Waals surface area contributed by atoms with Crippen LogP contribution >= 0.6 is 0 Å². The van der Waals surface area contributed by atoms with Crippen molar-refractivity contribution >= 4 is 17.7 Å². The zero-order valence-electron chi connectivity index (χ0n) is 19.7. The molecule has 0 unspecified atom stereocenters. The number of nitrogens with zero attached hydrogens (tertiary/aromatic N) is 2. The molecule has 2 heterocycles. The molecule has 8 heteroatoms. The van der Waals surface area contributed by atoms with Crippen LogP contribution in [0.4, 0.5) is 4.39 Å². The molecule has 2 aliphatic heterocycles. The lowest BCUT2D eigenvalue weighted by atomic mass is 9.75. The van der Waals surface area contributed by atoms with Gasteiger partial charge in [0, 0.05) is 44.8 Å². The topological polar surface area (TPSA) is 76.2 Å². The van der Waals surface area contributed by atoms with Crippen LogP contribution in [0.1, 0.15) is 44.1 Å². The number of halogens is 1. The van der Waals surface area contributed by atoms with Crippen molar-refractivity contribution in [1.29, 1.82) is 0 Å². The van der Waals surface area contributed by atoms with Gasteiger partial charge in [-0.2, -0.15) is 0 Å². The highest BCUT2D eigenvalue weighted by molar-refractivity contribution is 6.11. The van der Waals surface area contributed by atoms with Crippen LogP contribution in [0, 0.1) is 5.82 Å². The molecular formula is C27H29FN2O5.